The van der Waals surface area contributed by atoms with Crippen LogP contribution in [0, 0.1) is 0 Å². The normalized spacial score (nSPS) is 13.2. The maximum absolute atomic E-state index is 9.18. The minimum atomic E-state index is -0.421. The number of hydrogen-bond donors (Lipinski definition) is 1. The van der Waals surface area contributed by atoms with Crippen molar-refractivity contribution >= 4 is 22.0 Å². The fourth-order valence-corrected chi connectivity index (χ4v) is 1.25. The molecule has 0 aliphatic carbocycles. The molecule has 1 rings (SSSR count). The lowest BCUT2D eigenvalue weighted by Crippen LogP contribution is -2.16. The molecule has 0 fully saturated rings. The summed E-state index contributed by atoms with van der Waals surface area (Å²) in [5.41, 5.74) is 1.15. The van der Waals surface area contributed by atoms with Gasteiger partial charge in [-0.3, -0.25) is 0 Å². The van der Waals surface area contributed by atoms with Gasteiger partial charge in [-0.2, -0.15) is 0 Å². The molecule has 0 aliphatic heterocycles. The highest BCUT2D eigenvalue weighted by Crippen LogP contribution is 2.00. The van der Waals surface area contributed by atoms with E-state index in [4.69, 9.17) is 4.74 Å². The predicted molar refractivity (Wildman–Crippen MR) is 66.1 cm³/mol. The first kappa shape index (κ1) is 12.4. The molecule has 0 spiro atoms. The molecule has 0 bridgehead atoms. The van der Waals surface area contributed by atoms with Gasteiger partial charge in [0.25, 0.3) is 0 Å². The number of aliphatic hydroxyl groups excluding tert-OH is 1. The third-order valence-corrected chi connectivity index (χ3v) is 2.56. The molecule has 1 N–H and O–H groups in total. The van der Waals surface area contributed by atoms with Gasteiger partial charge in [-0.05, 0) is 5.56 Å². The molecule has 1 atom stereocenters. The van der Waals surface area contributed by atoms with E-state index in [2.05, 4.69) is 15.9 Å². The van der Waals surface area contributed by atoms with Crippen molar-refractivity contribution < 1.29 is 9.84 Å². The Balaban J connectivity index is 2.18. The second-order valence-electron chi connectivity index (χ2n) is 3.16. The van der Waals surface area contributed by atoms with Gasteiger partial charge in [0.15, 0.2) is 0 Å². The molecule has 0 saturated heterocycles. The first-order chi connectivity index (χ1) is 7.33. The van der Waals surface area contributed by atoms with E-state index < -0.39 is 6.10 Å². The van der Waals surface area contributed by atoms with Crippen molar-refractivity contribution in [2.24, 2.45) is 0 Å². The number of aliphatic hydroxyl groups is 1. The minimum absolute atomic E-state index is 0.365. The third kappa shape index (κ3) is 5.72. The summed E-state index contributed by atoms with van der Waals surface area (Å²) < 4.78 is 5.24. The van der Waals surface area contributed by atoms with E-state index in [-0.39, 0.29) is 0 Å². The second kappa shape index (κ2) is 7.63. The van der Waals surface area contributed by atoms with Gasteiger partial charge >= 0.3 is 0 Å². The van der Waals surface area contributed by atoms with Crippen LogP contribution < -0.4 is 0 Å². The molecule has 0 amide bonds. The smallest absolute Gasteiger partial charge is 0.0870 e. The summed E-state index contributed by atoms with van der Waals surface area (Å²) in [4.78, 5) is 0. The molecule has 0 saturated carbocycles. The van der Waals surface area contributed by atoms with Crippen LogP contribution in [0.15, 0.2) is 36.4 Å². The Hall–Kier alpha value is -0.640. The van der Waals surface area contributed by atoms with E-state index in [1.807, 2.05) is 42.5 Å². The summed E-state index contributed by atoms with van der Waals surface area (Å²) in [5.74, 6) is 0. The Morgan fingerprint density at radius 3 is 2.73 bits per heavy atom. The van der Waals surface area contributed by atoms with E-state index in [1.165, 1.54) is 0 Å². The largest absolute Gasteiger partial charge is 0.390 e. The zero-order valence-corrected chi connectivity index (χ0v) is 10.1. The molecule has 0 aromatic heterocycles. The first-order valence-electron chi connectivity index (χ1n) is 4.86. The highest BCUT2D eigenvalue weighted by molar-refractivity contribution is 9.09. The zero-order chi connectivity index (χ0) is 10.9. The summed E-state index contributed by atoms with van der Waals surface area (Å²) in [6.07, 6.45) is 3.52. The van der Waals surface area contributed by atoms with Crippen LogP contribution in [0.3, 0.4) is 0 Å². The maximum atomic E-state index is 9.18. The SMILES string of the molecule is OC(CBr)COC/C=C/c1ccccc1. The van der Waals surface area contributed by atoms with Crippen molar-refractivity contribution in [2.75, 3.05) is 18.5 Å². The van der Waals surface area contributed by atoms with Crippen molar-refractivity contribution in [1.29, 1.82) is 0 Å². The molecule has 0 heterocycles. The highest BCUT2D eigenvalue weighted by Gasteiger charge is 1.98. The lowest BCUT2D eigenvalue weighted by Gasteiger charge is -2.05. The van der Waals surface area contributed by atoms with Crippen molar-refractivity contribution in [3.63, 3.8) is 0 Å². The fraction of sp³-hybridized carbons (Fsp3) is 0.333. The van der Waals surface area contributed by atoms with Crippen LogP contribution in [-0.2, 0) is 4.74 Å². The summed E-state index contributed by atoms with van der Waals surface area (Å²) in [5, 5.41) is 9.73. The lowest BCUT2D eigenvalue weighted by atomic mass is 10.2. The maximum Gasteiger partial charge on any atom is 0.0870 e. The van der Waals surface area contributed by atoms with Gasteiger partial charge in [0.05, 0.1) is 19.3 Å². The van der Waals surface area contributed by atoms with E-state index in [0.717, 1.165) is 5.56 Å². The quantitative estimate of drug-likeness (QED) is 0.636. The molecule has 1 aromatic rings. The number of rotatable bonds is 6. The molecule has 2 nitrogen and oxygen atoms in total. The Labute approximate surface area is 98.7 Å². The van der Waals surface area contributed by atoms with Crippen molar-refractivity contribution in [2.45, 2.75) is 6.10 Å². The van der Waals surface area contributed by atoms with Crippen molar-refractivity contribution in [3.05, 3.63) is 42.0 Å². The molecule has 82 valence electrons. The number of ether oxygens (including phenoxy) is 1. The third-order valence-electron chi connectivity index (χ3n) is 1.81. The molecule has 3 heteroatoms. The number of halogens is 1. The molecular formula is C12H15BrO2. The Morgan fingerprint density at radius 1 is 1.33 bits per heavy atom. The van der Waals surface area contributed by atoms with Gasteiger partial charge in [-0.15, -0.1) is 0 Å². The van der Waals surface area contributed by atoms with Gasteiger partial charge < -0.3 is 9.84 Å². The van der Waals surface area contributed by atoms with Crippen molar-refractivity contribution in [3.8, 4) is 0 Å². The van der Waals surface area contributed by atoms with E-state index in [9.17, 15) is 5.11 Å². The van der Waals surface area contributed by atoms with Crippen LogP contribution in [-0.4, -0.2) is 29.8 Å². The lowest BCUT2D eigenvalue weighted by molar-refractivity contribution is 0.0632. The molecule has 0 aliphatic rings. The van der Waals surface area contributed by atoms with Crippen LogP contribution in [0.5, 0.6) is 0 Å². The van der Waals surface area contributed by atoms with E-state index >= 15 is 0 Å². The van der Waals surface area contributed by atoms with Crippen molar-refractivity contribution in [1.82, 2.24) is 0 Å². The van der Waals surface area contributed by atoms with Crippen LogP contribution in [0.1, 0.15) is 5.56 Å². The highest BCUT2D eigenvalue weighted by atomic mass is 79.9. The fourth-order valence-electron chi connectivity index (χ4n) is 1.07. The minimum Gasteiger partial charge on any atom is -0.390 e. The Kier molecular flexibility index (Phi) is 6.32. The van der Waals surface area contributed by atoms with Crippen LogP contribution in [0.25, 0.3) is 6.08 Å². The monoisotopic (exact) mass is 270 g/mol. The summed E-state index contributed by atoms with van der Waals surface area (Å²) in [6.45, 7) is 0.892. The summed E-state index contributed by atoms with van der Waals surface area (Å²) in [7, 11) is 0. The van der Waals surface area contributed by atoms with Gasteiger partial charge in [0.2, 0.25) is 0 Å². The van der Waals surface area contributed by atoms with Crippen LogP contribution in [0.2, 0.25) is 0 Å². The molecule has 1 unspecified atom stereocenters. The second-order valence-corrected chi connectivity index (χ2v) is 3.81. The Bertz CT molecular complexity index is 285. The van der Waals surface area contributed by atoms with Gasteiger partial charge in [-0.1, -0.05) is 58.4 Å². The molecule has 0 radical (unpaired) electrons. The zero-order valence-electron chi connectivity index (χ0n) is 8.47. The first-order valence-corrected chi connectivity index (χ1v) is 5.98. The number of benzene rings is 1. The molecule has 15 heavy (non-hydrogen) atoms. The van der Waals surface area contributed by atoms with E-state index in [0.29, 0.717) is 18.5 Å². The number of hydrogen-bond acceptors (Lipinski definition) is 2. The van der Waals surface area contributed by atoms with E-state index in [1.54, 1.807) is 0 Å². The summed E-state index contributed by atoms with van der Waals surface area (Å²) >= 11 is 3.17. The average Bonchev–Trinajstić information content (AvgIpc) is 2.29. The topological polar surface area (TPSA) is 29.5 Å². The van der Waals surface area contributed by atoms with Gasteiger partial charge in [0, 0.05) is 5.33 Å². The molecular weight excluding hydrogens is 256 g/mol. The van der Waals surface area contributed by atoms with Gasteiger partial charge in [0.1, 0.15) is 0 Å². The standard InChI is InChI=1S/C12H15BrO2/c13-9-12(14)10-15-8-4-7-11-5-2-1-3-6-11/h1-7,12,14H,8-10H2/b7-4+. The average molecular weight is 271 g/mol. The Morgan fingerprint density at radius 2 is 2.07 bits per heavy atom. The van der Waals surface area contributed by atoms with Crippen LogP contribution >= 0.6 is 15.9 Å². The van der Waals surface area contributed by atoms with Gasteiger partial charge in [-0.25, -0.2) is 0 Å². The number of alkyl halides is 1. The van der Waals surface area contributed by atoms with Crippen LogP contribution in [0.4, 0.5) is 0 Å². The molecule has 1 aromatic carbocycles. The summed E-state index contributed by atoms with van der Waals surface area (Å²) in [6, 6.07) is 10.0. The predicted octanol–water partition coefficient (Wildman–Crippen LogP) is 2.47.